The Morgan fingerprint density at radius 1 is 0.707 bits per heavy atom. The fourth-order valence-corrected chi connectivity index (χ4v) is 7.83. The Labute approximate surface area is 247 Å². The first-order valence-corrected chi connectivity index (χ1v) is 15.5. The van der Waals surface area contributed by atoms with Crippen LogP contribution in [0.4, 0.5) is 0 Å². The number of hydrogen-bond acceptors (Lipinski definition) is 4. The molecular weight excluding hydrogens is 545 g/mol. The van der Waals surface area contributed by atoms with Crippen molar-refractivity contribution in [2.24, 2.45) is 0 Å². The summed E-state index contributed by atoms with van der Waals surface area (Å²) in [4.78, 5) is 17.5. The van der Waals surface area contributed by atoms with Crippen molar-refractivity contribution < 1.29 is 14.3 Å². The van der Waals surface area contributed by atoms with Gasteiger partial charge in [-0.05, 0) is 84.1 Å². The van der Waals surface area contributed by atoms with Crippen molar-refractivity contribution in [3.8, 4) is 16.2 Å². The van der Waals surface area contributed by atoms with E-state index < -0.39 is 5.97 Å². The number of carbonyl (C=O) groups is 1. The summed E-state index contributed by atoms with van der Waals surface area (Å²) in [5.74, 6) is 0.235. The molecular formula is C36H29O3S2+. The van der Waals surface area contributed by atoms with Crippen LogP contribution in [0.15, 0.2) is 154 Å². The van der Waals surface area contributed by atoms with Crippen LogP contribution in [0.5, 0.6) is 5.75 Å². The number of rotatable bonds is 9. The molecule has 0 saturated carbocycles. The smallest absolute Gasteiger partial charge is 0.344 e. The Balaban J connectivity index is 1.06. The highest BCUT2D eigenvalue weighted by Crippen LogP contribution is 2.34. The lowest BCUT2D eigenvalue weighted by atomic mass is 10.1. The average molecular weight is 574 g/mol. The maximum Gasteiger partial charge on any atom is 0.344 e. The SMILES string of the molecule is CC(OC(=O)COc1ccc([S+](c2ccccc2)c2ccccc2)cc1)c1ccc(-c2cc3ccccc3s2)cc1. The van der Waals surface area contributed by atoms with Crippen molar-refractivity contribution in [3.63, 3.8) is 0 Å². The molecule has 1 atom stereocenters. The predicted molar refractivity (Wildman–Crippen MR) is 169 cm³/mol. The van der Waals surface area contributed by atoms with Gasteiger partial charge in [0.25, 0.3) is 0 Å². The first kappa shape index (κ1) is 26.9. The van der Waals surface area contributed by atoms with Crippen LogP contribution in [0.3, 0.4) is 0 Å². The van der Waals surface area contributed by atoms with E-state index in [9.17, 15) is 4.79 Å². The number of esters is 1. The number of carbonyl (C=O) groups excluding carboxylic acids is 1. The van der Waals surface area contributed by atoms with Crippen molar-refractivity contribution in [2.45, 2.75) is 27.7 Å². The van der Waals surface area contributed by atoms with E-state index in [1.54, 1.807) is 11.3 Å². The molecule has 0 fully saturated rings. The normalized spacial score (nSPS) is 11.9. The van der Waals surface area contributed by atoms with Crippen molar-refractivity contribution >= 4 is 38.3 Å². The zero-order chi connectivity index (χ0) is 28.0. The molecule has 1 unspecified atom stereocenters. The van der Waals surface area contributed by atoms with Gasteiger partial charge in [-0.1, -0.05) is 78.9 Å². The molecule has 41 heavy (non-hydrogen) atoms. The highest BCUT2D eigenvalue weighted by Gasteiger charge is 2.28. The minimum Gasteiger partial charge on any atom is -0.482 e. The largest absolute Gasteiger partial charge is 0.482 e. The van der Waals surface area contributed by atoms with Crippen LogP contribution in [0.25, 0.3) is 20.5 Å². The van der Waals surface area contributed by atoms with Gasteiger partial charge in [0.2, 0.25) is 0 Å². The second-order valence-electron chi connectivity index (χ2n) is 9.59. The summed E-state index contributed by atoms with van der Waals surface area (Å²) in [6, 6.07) is 47.8. The second-order valence-corrected chi connectivity index (χ2v) is 12.7. The van der Waals surface area contributed by atoms with Gasteiger partial charge in [0.05, 0.1) is 10.9 Å². The van der Waals surface area contributed by atoms with Crippen LogP contribution in [0.2, 0.25) is 0 Å². The minimum atomic E-state index is -0.400. The summed E-state index contributed by atoms with van der Waals surface area (Å²) >= 11 is 1.78. The van der Waals surface area contributed by atoms with Gasteiger partial charge in [0.15, 0.2) is 21.3 Å². The third kappa shape index (κ3) is 6.37. The maximum atomic E-state index is 12.6. The van der Waals surface area contributed by atoms with Crippen LogP contribution in [0, 0.1) is 0 Å². The average Bonchev–Trinajstić information content (AvgIpc) is 3.47. The molecule has 6 rings (SSSR count). The topological polar surface area (TPSA) is 35.5 Å². The molecule has 0 saturated heterocycles. The van der Waals surface area contributed by atoms with E-state index in [1.165, 1.54) is 29.6 Å². The van der Waals surface area contributed by atoms with Crippen LogP contribution < -0.4 is 4.74 Å². The molecule has 1 heterocycles. The second kappa shape index (κ2) is 12.5. The lowest BCUT2D eigenvalue weighted by Gasteiger charge is -2.14. The summed E-state index contributed by atoms with van der Waals surface area (Å²) in [6.45, 7) is 1.74. The molecule has 202 valence electrons. The molecule has 3 nitrogen and oxygen atoms in total. The molecule has 0 N–H and O–H groups in total. The third-order valence-corrected chi connectivity index (χ3v) is 10.2. The Bertz CT molecular complexity index is 1660. The third-order valence-electron chi connectivity index (χ3n) is 6.77. The van der Waals surface area contributed by atoms with E-state index in [2.05, 4.69) is 103 Å². The Morgan fingerprint density at radius 3 is 1.93 bits per heavy atom. The lowest BCUT2D eigenvalue weighted by molar-refractivity contribution is -0.151. The number of fused-ring (bicyclic) bond motifs is 1. The molecule has 0 aliphatic heterocycles. The van der Waals surface area contributed by atoms with Gasteiger partial charge in [-0.15, -0.1) is 11.3 Å². The van der Waals surface area contributed by atoms with Crippen molar-refractivity contribution in [1.29, 1.82) is 0 Å². The number of ether oxygens (including phenoxy) is 2. The standard InChI is InChI=1S/C36H29O3S2/c1-26(27-16-18-28(19-17-27)35-24-29-10-8-9-15-34(29)40-35)39-36(37)25-38-30-20-22-33(23-21-30)41(31-11-4-2-5-12-31)32-13-6-3-7-14-32/h2-24,26H,25H2,1H3/q+1. The first-order chi connectivity index (χ1) is 20.1. The van der Waals surface area contributed by atoms with E-state index in [0.717, 1.165) is 11.1 Å². The first-order valence-electron chi connectivity index (χ1n) is 13.5. The quantitative estimate of drug-likeness (QED) is 0.128. The van der Waals surface area contributed by atoms with Gasteiger partial charge in [0, 0.05) is 9.58 Å². The van der Waals surface area contributed by atoms with Crippen LogP contribution in [-0.2, 0) is 20.4 Å². The molecule has 6 aromatic rings. The van der Waals surface area contributed by atoms with Crippen LogP contribution >= 0.6 is 11.3 Å². The number of thiophene rings is 1. The van der Waals surface area contributed by atoms with Crippen LogP contribution in [-0.4, -0.2) is 12.6 Å². The van der Waals surface area contributed by atoms with Crippen molar-refractivity contribution in [3.05, 3.63) is 145 Å². The molecule has 0 radical (unpaired) electrons. The zero-order valence-electron chi connectivity index (χ0n) is 22.6. The Kier molecular flexibility index (Phi) is 8.17. The maximum absolute atomic E-state index is 12.6. The van der Waals surface area contributed by atoms with Gasteiger partial charge in [-0.25, -0.2) is 4.79 Å². The van der Waals surface area contributed by atoms with E-state index in [0.29, 0.717) is 5.75 Å². The highest BCUT2D eigenvalue weighted by molar-refractivity contribution is 7.97. The number of benzene rings is 5. The monoisotopic (exact) mass is 573 g/mol. The minimum absolute atomic E-state index is 0.146. The summed E-state index contributed by atoms with van der Waals surface area (Å²) in [6.07, 6.45) is -0.372. The zero-order valence-corrected chi connectivity index (χ0v) is 24.2. The van der Waals surface area contributed by atoms with Gasteiger partial charge in [-0.3, -0.25) is 0 Å². The summed E-state index contributed by atoms with van der Waals surface area (Å²) in [5, 5.41) is 1.25. The van der Waals surface area contributed by atoms with E-state index in [1.807, 2.05) is 43.3 Å². The molecule has 0 bridgehead atoms. The Morgan fingerprint density at radius 2 is 1.29 bits per heavy atom. The van der Waals surface area contributed by atoms with Gasteiger partial charge >= 0.3 is 5.97 Å². The molecule has 0 aliphatic carbocycles. The van der Waals surface area contributed by atoms with E-state index in [4.69, 9.17) is 9.47 Å². The number of hydrogen-bond donors (Lipinski definition) is 0. The molecule has 5 heteroatoms. The fourth-order valence-electron chi connectivity index (χ4n) is 4.68. The van der Waals surface area contributed by atoms with Crippen molar-refractivity contribution in [2.75, 3.05) is 6.61 Å². The molecule has 0 amide bonds. The van der Waals surface area contributed by atoms with Gasteiger partial charge in [-0.2, -0.15) is 0 Å². The molecule has 5 aromatic carbocycles. The molecule has 1 aromatic heterocycles. The summed E-state index contributed by atoms with van der Waals surface area (Å²) in [7, 11) is -0.230. The molecule has 0 spiro atoms. The highest BCUT2D eigenvalue weighted by atomic mass is 32.2. The predicted octanol–water partition coefficient (Wildman–Crippen LogP) is 9.35. The lowest BCUT2D eigenvalue weighted by Crippen LogP contribution is -2.17. The van der Waals surface area contributed by atoms with Gasteiger partial charge in [0.1, 0.15) is 11.9 Å². The summed E-state index contributed by atoms with van der Waals surface area (Å²) < 4.78 is 12.7. The van der Waals surface area contributed by atoms with E-state index in [-0.39, 0.29) is 23.6 Å². The van der Waals surface area contributed by atoms with Crippen molar-refractivity contribution in [1.82, 2.24) is 0 Å². The van der Waals surface area contributed by atoms with E-state index >= 15 is 0 Å². The summed E-state index contributed by atoms with van der Waals surface area (Å²) in [5.41, 5.74) is 2.10. The van der Waals surface area contributed by atoms with Gasteiger partial charge < -0.3 is 9.47 Å². The fraction of sp³-hybridized carbons (Fsp3) is 0.0833. The van der Waals surface area contributed by atoms with Crippen LogP contribution in [0.1, 0.15) is 18.6 Å². The Hall–Kier alpha value is -4.32. The molecule has 0 aliphatic rings.